The lowest BCUT2D eigenvalue weighted by atomic mass is 9.91. The van der Waals surface area contributed by atoms with E-state index in [4.69, 9.17) is 10.5 Å². The summed E-state index contributed by atoms with van der Waals surface area (Å²) in [5.41, 5.74) is 5.60. The van der Waals surface area contributed by atoms with Crippen molar-refractivity contribution in [3.63, 3.8) is 0 Å². The van der Waals surface area contributed by atoms with Gasteiger partial charge < -0.3 is 15.4 Å². The van der Waals surface area contributed by atoms with Crippen LogP contribution in [0.4, 0.5) is 0 Å². The third kappa shape index (κ3) is 3.74. The number of rotatable bonds is 5. The highest BCUT2D eigenvalue weighted by Crippen LogP contribution is 2.25. The minimum absolute atomic E-state index is 0.469. The molecular formula is C12H26N2O. The van der Waals surface area contributed by atoms with Crippen molar-refractivity contribution >= 4 is 0 Å². The van der Waals surface area contributed by atoms with E-state index >= 15 is 0 Å². The fourth-order valence-electron chi connectivity index (χ4n) is 2.51. The van der Waals surface area contributed by atoms with Crippen LogP contribution in [0.2, 0.25) is 0 Å². The summed E-state index contributed by atoms with van der Waals surface area (Å²) in [5.74, 6) is 0. The third-order valence-electron chi connectivity index (χ3n) is 3.79. The first kappa shape index (κ1) is 12.9. The third-order valence-corrected chi connectivity index (χ3v) is 3.79. The van der Waals surface area contributed by atoms with Gasteiger partial charge in [0.25, 0.3) is 0 Å². The maximum Gasteiger partial charge on any atom is 0.0586 e. The van der Waals surface area contributed by atoms with Crippen LogP contribution >= 0.6 is 0 Å². The molecule has 0 aromatic rings. The molecular weight excluding hydrogens is 188 g/mol. The van der Waals surface area contributed by atoms with Crippen molar-refractivity contribution in [2.75, 3.05) is 20.7 Å². The predicted octanol–water partition coefficient (Wildman–Crippen LogP) is 1.61. The molecule has 0 heterocycles. The van der Waals surface area contributed by atoms with Crippen molar-refractivity contribution in [2.45, 2.75) is 57.2 Å². The van der Waals surface area contributed by atoms with Crippen LogP contribution in [0.5, 0.6) is 0 Å². The van der Waals surface area contributed by atoms with Gasteiger partial charge in [-0.2, -0.15) is 0 Å². The van der Waals surface area contributed by atoms with Crippen LogP contribution in [0.25, 0.3) is 0 Å². The van der Waals surface area contributed by atoms with Gasteiger partial charge in [0.1, 0.15) is 0 Å². The number of nitrogens with zero attached hydrogens (tertiary/aromatic N) is 1. The van der Waals surface area contributed by atoms with Crippen LogP contribution in [0.15, 0.2) is 0 Å². The van der Waals surface area contributed by atoms with Crippen LogP contribution in [-0.4, -0.2) is 43.8 Å². The van der Waals surface area contributed by atoms with Crippen molar-refractivity contribution in [3.05, 3.63) is 0 Å². The maximum atomic E-state index is 5.60. The molecule has 90 valence electrons. The minimum atomic E-state index is 0.469. The topological polar surface area (TPSA) is 38.5 Å². The van der Waals surface area contributed by atoms with E-state index in [1.165, 1.54) is 25.7 Å². The Hall–Kier alpha value is -0.120. The molecule has 15 heavy (non-hydrogen) atoms. The molecule has 0 amide bonds. The van der Waals surface area contributed by atoms with Gasteiger partial charge in [-0.1, -0.05) is 0 Å². The molecule has 3 atom stereocenters. The first-order valence-corrected chi connectivity index (χ1v) is 6.13. The van der Waals surface area contributed by atoms with Crippen molar-refractivity contribution in [1.29, 1.82) is 0 Å². The predicted molar refractivity (Wildman–Crippen MR) is 63.9 cm³/mol. The fraction of sp³-hybridized carbons (Fsp3) is 1.00. The van der Waals surface area contributed by atoms with Gasteiger partial charge in [0.15, 0.2) is 0 Å². The van der Waals surface area contributed by atoms with Gasteiger partial charge >= 0.3 is 0 Å². The summed E-state index contributed by atoms with van der Waals surface area (Å²) in [7, 11) is 4.05. The number of methoxy groups -OCH3 is 1. The molecule has 0 spiro atoms. The van der Waals surface area contributed by atoms with E-state index in [0.29, 0.717) is 18.2 Å². The molecule has 3 nitrogen and oxygen atoms in total. The van der Waals surface area contributed by atoms with Crippen molar-refractivity contribution in [1.82, 2.24) is 4.90 Å². The van der Waals surface area contributed by atoms with Gasteiger partial charge in [0.05, 0.1) is 6.10 Å². The Kier molecular flexibility index (Phi) is 5.58. The van der Waals surface area contributed by atoms with E-state index in [1.54, 1.807) is 0 Å². The largest absolute Gasteiger partial charge is 0.381 e. The molecule has 0 aromatic carbocycles. The molecule has 3 unspecified atom stereocenters. The molecule has 0 bridgehead atoms. The number of hydrogen-bond acceptors (Lipinski definition) is 3. The van der Waals surface area contributed by atoms with E-state index in [1.807, 2.05) is 7.11 Å². The molecule has 1 aliphatic carbocycles. The highest BCUT2D eigenvalue weighted by atomic mass is 16.5. The van der Waals surface area contributed by atoms with E-state index in [0.717, 1.165) is 13.0 Å². The quantitative estimate of drug-likeness (QED) is 0.755. The lowest BCUT2D eigenvalue weighted by Gasteiger charge is -2.38. The summed E-state index contributed by atoms with van der Waals surface area (Å²) >= 11 is 0. The molecule has 1 fully saturated rings. The summed E-state index contributed by atoms with van der Waals surface area (Å²) < 4.78 is 5.46. The van der Waals surface area contributed by atoms with Crippen LogP contribution in [0.1, 0.15) is 39.0 Å². The molecule has 3 heteroatoms. The summed E-state index contributed by atoms with van der Waals surface area (Å²) in [6, 6.07) is 1.28. The van der Waals surface area contributed by atoms with Crippen LogP contribution in [0, 0.1) is 0 Å². The normalized spacial score (nSPS) is 29.4. The van der Waals surface area contributed by atoms with Gasteiger partial charge in [-0.25, -0.2) is 0 Å². The molecule has 0 aliphatic heterocycles. The Morgan fingerprint density at radius 2 is 2.20 bits per heavy atom. The summed E-state index contributed by atoms with van der Waals surface area (Å²) in [5, 5.41) is 0. The minimum Gasteiger partial charge on any atom is -0.381 e. The van der Waals surface area contributed by atoms with E-state index < -0.39 is 0 Å². The summed E-state index contributed by atoms with van der Waals surface area (Å²) in [4.78, 5) is 2.48. The van der Waals surface area contributed by atoms with E-state index in [-0.39, 0.29) is 0 Å². The number of hydrogen-bond donors (Lipinski definition) is 1. The maximum absolute atomic E-state index is 5.60. The van der Waals surface area contributed by atoms with Gasteiger partial charge in [0, 0.05) is 19.2 Å². The molecule has 1 aliphatic rings. The first-order chi connectivity index (χ1) is 7.19. The molecule has 0 aromatic heterocycles. The van der Waals surface area contributed by atoms with Gasteiger partial charge in [-0.05, 0) is 52.6 Å². The SMILES string of the molecule is COC1CCCC(N(C)C(C)CCN)C1. The van der Waals surface area contributed by atoms with Gasteiger partial charge in [-0.3, -0.25) is 0 Å². The number of ether oxygens (including phenoxy) is 1. The molecule has 1 saturated carbocycles. The molecule has 1 rings (SSSR count). The van der Waals surface area contributed by atoms with Gasteiger partial charge in [-0.15, -0.1) is 0 Å². The molecule has 0 radical (unpaired) electrons. The lowest BCUT2D eigenvalue weighted by Crippen LogP contribution is -2.43. The number of nitrogens with two attached hydrogens (primary N) is 1. The lowest BCUT2D eigenvalue weighted by molar-refractivity contribution is 0.0250. The van der Waals surface area contributed by atoms with Crippen LogP contribution in [-0.2, 0) is 4.74 Å². The van der Waals surface area contributed by atoms with Gasteiger partial charge in [0.2, 0.25) is 0 Å². The molecule has 0 saturated heterocycles. The van der Waals surface area contributed by atoms with Crippen molar-refractivity contribution < 1.29 is 4.74 Å². The van der Waals surface area contributed by atoms with Crippen LogP contribution in [0.3, 0.4) is 0 Å². The highest BCUT2D eigenvalue weighted by molar-refractivity contribution is 4.81. The van der Waals surface area contributed by atoms with Crippen LogP contribution < -0.4 is 5.73 Å². The second kappa shape index (κ2) is 6.46. The Morgan fingerprint density at radius 1 is 1.47 bits per heavy atom. The Morgan fingerprint density at radius 3 is 2.80 bits per heavy atom. The summed E-state index contributed by atoms with van der Waals surface area (Å²) in [6.07, 6.45) is 6.57. The first-order valence-electron chi connectivity index (χ1n) is 6.13. The smallest absolute Gasteiger partial charge is 0.0586 e. The zero-order valence-corrected chi connectivity index (χ0v) is 10.4. The monoisotopic (exact) mass is 214 g/mol. The average molecular weight is 214 g/mol. The highest BCUT2D eigenvalue weighted by Gasteiger charge is 2.26. The zero-order valence-electron chi connectivity index (χ0n) is 10.4. The molecule has 2 N–H and O–H groups in total. The standard InChI is InChI=1S/C12H26N2O/c1-10(7-8-13)14(2)11-5-4-6-12(9-11)15-3/h10-12H,4-9,13H2,1-3H3. The Balaban J connectivity index is 2.40. The van der Waals surface area contributed by atoms with E-state index in [2.05, 4.69) is 18.9 Å². The fourth-order valence-corrected chi connectivity index (χ4v) is 2.51. The van der Waals surface area contributed by atoms with Crippen molar-refractivity contribution in [3.8, 4) is 0 Å². The average Bonchev–Trinajstić information content (AvgIpc) is 2.28. The second-order valence-corrected chi connectivity index (χ2v) is 4.77. The Labute approximate surface area is 94.0 Å². The van der Waals surface area contributed by atoms with E-state index in [9.17, 15) is 0 Å². The Bertz CT molecular complexity index is 175. The second-order valence-electron chi connectivity index (χ2n) is 4.77. The van der Waals surface area contributed by atoms with Crippen molar-refractivity contribution in [2.24, 2.45) is 5.73 Å². The zero-order chi connectivity index (χ0) is 11.3. The summed E-state index contributed by atoms with van der Waals surface area (Å²) in [6.45, 7) is 3.05.